The molecule has 42 heavy (non-hydrogen) atoms. The largest absolute Gasteiger partial charge is 0.344 e. The first-order valence-electron chi connectivity index (χ1n) is 16.2. The number of carbonyl (C=O) groups excluding carboxylic acids is 2. The van der Waals surface area contributed by atoms with Crippen molar-refractivity contribution in [3.63, 3.8) is 0 Å². The van der Waals surface area contributed by atoms with Crippen LogP contribution in [0.2, 0.25) is 10.6 Å². The number of nitrogens with one attached hydrogen (secondary N) is 1. The molecule has 3 aliphatic heterocycles. The summed E-state index contributed by atoms with van der Waals surface area (Å²) in [6, 6.07) is 6.16. The van der Waals surface area contributed by atoms with Crippen molar-refractivity contribution in [2.24, 2.45) is 11.3 Å². The molecule has 4 nitrogen and oxygen atoms in total. The van der Waals surface area contributed by atoms with Crippen LogP contribution in [0.4, 0.5) is 5.69 Å². The number of nitrogens with zero attached hydrogens (tertiary/aromatic N) is 1. The molecule has 226 valence electrons. The van der Waals surface area contributed by atoms with Crippen molar-refractivity contribution in [1.82, 2.24) is 5.32 Å². The molecule has 0 aromatic heterocycles. The van der Waals surface area contributed by atoms with Gasteiger partial charge in [-0.15, -0.1) is 0 Å². The number of amides is 2. The summed E-state index contributed by atoms with van der Waals surface area (Å²) in [4.78, 5) is 29.7. The molecule has 1 aromatic rings. The van der Waals surface area contributed by atoms with E-state index in [1.165, 1.54) is 16.7 Å². The molecule has 0 spiro atoms. The van der Waals surface area contributed by atoms with E-state index < -0.39 is 6.04 Å². The Morgan fingerprint density at radius 3 is 2.52 bits per heavy atom. The lowest BCUT2D eigenvalue weighted by Crippen LogP contribution is -2.54. The van der Waals surface area contributed by atoms with Crippen LogP contribution in [0.5, 0.6) is 0 Å². The first-order chi connectivity index (χ1) is 19.9. The smallest absolute Gasteiger partial charge is 0.249 e. The highest BCUT2D eigenvalue weighted by molar-refractivity contribution is 6.51. The van der Waals surface area contributed by atoms with Gasteiger partial charge in [-0.05, 0) is 84.4 Å². The number of allylic oxidation sites excluding steroid dienone is 6. The van der Waals surface area contributed by atoms with Crippen molar-refractivity contribution in [3.8, 4) is 0 Å². The predicted molar refractivity (Wildman–Crippen MR) is 180 cm³/mol. The van der Waals surface area contributed by atoms with Gasteiger partial charge in [0.1, 0.15) is 13.3 Å². The van der Waals surface area contributed by atoms with E-state index >= 15 is 0 Å². The molecular formula is C37H53BN2O2. The second-order valence-electron chi connectivity index (χ2n) is 14.8. The number of fused-ring (bicyclic) bond motifs is 3. The van der Waals surface area contributed by atoms with Crippen LogP contribution in [0.1, 0.15) is 96.6 Å². The summed E-state index contributed by atoms with van der Waals surface area (Å²) in [6.07, 6.45) is 20.6. The molecule has 4 rings (SSSR count). The molecule has 2 bridgehead atoms. The van der Waals surface area contributed by atoms with E-state index in [0.717, 1.165) is 77.2 Å². The zero-order chi connectivity index (χ0) is 30.5. The summed E-state index contributed by atoms with van der Waals surface area (Å²) in [5.74, 6) is 0.740. The molecule has 3 aliphatic rings. The number of aryl methyl sites for hydroxylation is 1. The van der Waals surface area contributed by atoms with Crippen LogP contribution in [0.3, 0.4) is 0 Å². The quantitative estimate of drug-likeness (QED) is 0.217. The highest BCUT2D eigenvalue weighted by atomic mass is 16.2. The normalized spacial score (nSPS) is 26.4. The third-order valence-corrected chi connectivity index (χ3v) is 10.1. The summed E-state index contributed by atoms with van der Waals surface area (Å²) in [5.41, 5.74) is 4.88. The molecule has 2 fully saturated rings. The van der Waals surface area contributed by atoms with Crippen molar-refractivity contribution in [1.29, 1.82) is 0 Å². The lowest BCUT2D eigenvalue weighted by Gasteiger charge is -2.51. The van der Waals surface area contributed by atoms with Crippen LogP contribution in [-0.4, -0.2) is 32.2 Å². The average Bonchev–Trinajstić information content (AvgIpc) is 3.03. The van der Waals surface area contributed by atoms with E-state index in [1.54, 1.807) is 11.0 Å². The van der Waals surface area contributed by atoms with Crippen LogP contribution >= 0.6 is 0 Å². The molecule has 1 unspecified atom stereocenters. The van der Waals surface area contributed by atoms with E-state index in [1.807, 2.05) is 25.3 Å². The van der Waals surface area contributed by atoms with Crippen molar-refractivity contribution in [3.05, 3.63) is 78.4 Å². The third kappa shape index (κ3) is 7.39. The molecular weight excluding hydrogens is 515 g/mol. The number of carbonyl (C=O) groups is 2. The fourth-order valence-corrected chi connectivity index (χ4v) is 8.56. The summed E-state index contributed by atoms with van der Waals surface area (Å²) in [7, 11) is 2.78. The number of hydrogen-bond donors (Lipinski definition) is 1. The molecule has 5 heteroatoms. The maximum atomic E-state index is 14.1. The van der Waals surface area contributed by atoms with Crippen molar-refractivity contribution in [2.75, 3.05) is 11.9 Å². The van der Waals surface area contributed by atoms with Gasteiger partial charge in [0.05, 0.1) is 0 Å². The maximum absolute atomic E-state index is 14.1. The zero-order valence-electron chi connectivity index (χ0n) is 26.9. The van der Waals surface area contributed by atoms with Gasteiger partial charge in [-0.25, -0.2) is 0 Å². The Kier molecular flexibility index (Phi) is 10.1. The van der Waals surface area contributed by atoms with Crippen molar-refractivity contribution in [2.45, 2.75) is 115 Å². The second kappa shape index (κ2) is 13.2. The van der Waals surface area contributed by atoms with Gasteiger partial charge in [0.2, 0.25) is 11.8 Å². The molecule has 0 radical (unpaired) electrons. The highest BCUT2D eigenvalue weighted by Crippen LogP contribution is 2.61. The van der Waals surface area contributed by atoms with Gasteiger partial charge in [-0.3, -0.25) is 9.59 Å². The van der Waals surface area contributed by atoms with Crippen LogP contribution < -0.4 is 10.2 Å². The Balaban J connectivity index is 1.48. The molecule has 0 aliphatic carbocycles. The first kappa shape index (κ1) is 32.1. The highest BCUT2D eigenvalue weighted by Gasteiger charge is 2.53. The SMILES string of the molecule is C=C/C=C\C=C(/C=C)CC12BC(C(=O)NC3CCc4ccc(CC(C)(C)CC(C)C)cc4N(C)C3=O)(CCC1)CCC2. The molecule has 1 aromatic carbocycles. The molecule has 1 N–H and O–H groups in total. The van der Waals surface area contributed by atoms with E-state index in [4.69, 9.17) is 0 Å². The van der Waals surface area contributed by atoms with Crippen LogP contribution in [0.25, 0.3) is 0 Å². The molecule has 2 saturated heterocycles. The summed E-state index contributed by atoms with van der Waals surface area (Å²) < 4.78 is 0. The van der Waals surface area contributed by atoms with Crippen LogP contribution in [0, 0.1) is 11.3 Å². The minimum atomic E-state index is -0.490. The fourth-order valence-electron chi connectivity index (χ4n) is 8.56. The topological polar surface area (TPSA) is 49.4 Å². The molecule has 1 atom stereocenters. The predicted octanol–water partition coefficient (Wildman–Crippen LogP) is 8.06. The third-order valence-electron chi connectivity index (χ3n) is 10.1. The molecule has 3 heterocycles. The summed E-state index contributed by atoms with van der Waals surface area (Å²) in [6.45, 7) is 17.0. The van der Waals surface area contributed by atoms with E-state index in [-0.39, 0.29) is 27.9 Å². The van der Waals surface area contributed by atoms with Gasteiger partial charge in [0, 0.05) is 18.0 Å². The van der Waals surface area contributed by atoms with Gasteiger partial charge in [0.25, 0.3) is 0 Å². The van der Waals surface area contributed by atoms with Crippen molar-refractivity contribution >= 4 is 24.8 Å². The summed E-state index contributed by atoms with van der Waals surface area (Å²) >= 11 is 0. The number of likely N-dealkylation sites (N-methyl/N-ethyl adjacent to an activating group) is 1. The second-order valence-corrected chi connectivity index (χ2v) is 14.8. The van der Waals surface area contributed by atoms with Crippen LogP contribution in [-0.2, 0) is 22.4 Å². The number of rotatable bonds is 11. The zero-order valence-corrected chi connectivity index (χ0v) is 26.9. The van der Waals surface area contributed by atoms with Gasteiger partial charge < -0.3 is 10.2 Å². The Bertz CT molecular complexity index is 1230. The number of hydrogen-bond acceptors (Lipinski definition) is 2. The standard InChI is InChI=1S/C37H53BN2O2/c1-8-10-11-14-28(9-2)26-36-19-12-21-37(38-36,22-13-20-36)34(42)39-31-18-17-30-16-15-29(23-32(30)40(7)33(31)41)25-35(5,6)24-27(3)4/h8-11,14-16,23,27,31,38H,1-2,12-13,17-22,24-26H2,3-7H3,(H,39,42)/b11-10-,28-14+. The first-order valence-corrected chi connectivity index (χ1v) is 16.2. The molecule has 2 amide bonds. The van der Waals surface area contributed by atoms with Crippen LogP contribution in [0.15, 0.2) is 67.3 Å². The average molecular weight is 569 g/mol. The van der Waals surface area contributed by atoms with E-state index in [2.05, 4.69) is 70.4 Å². The Labute approximate surface area is 256 Å². The van der Waals surface area contributed by atoms with Gasteiger partial charge in [-0.1, -0.05) is 109 Å². The molecule has 0 saturated carbocycles. The minimum Gasteiger partial charge on any atom is -0.344 e. The van der Waals surface area contributed by atoms with Gasteiger partial charge in [0.15, 0.2) is 0 Å². The van der Waals surface area contributed by atoms with Gasteiger partial charge in [-0.2, -0.15) is 0 Å². The Morgan fingerprint density at radius 1 is 1.17 bits per heavy atom. The lowest BCUT2D eigenvalue weighted by atomic mass is 9.28. The monoisotopic (exact) mass is 568 g/mol. The Hall–Kier alpha value is -2.82. The van der Waals surface area contributed by atoms with Gasteiger partial charge >= 0.3 is 0 Å². The van der Waals surface area contributed by atoms with E-state index in [9.17, 15) is 9.59 Å². The lowest BCUT2D eigenvalue weighted by molar-refractivity contribution is -0.130. The minimum absolute atomic E-state index is 0.000792. The number of benzene rings is 1. The van der Waals surface area contributed by atoms with Crippen molar-refractivity contribution < 1.29 is 9.59 Å². The number of anilines is 1. The summed E-state index contributed by atoms with van der Waals surface area (Å²) in [5, 5.41) is 3.04. The Morgan fingerprint density at radius 2 is 1.88 bits per heavy atom. The fraction of sp³-hybridized carbons (Fsp3) is 0.568. The van der Waals surface area contributed by atoms with E-state index in [0.29, 0.717) is 12.3 Å². The maximum Gasteiger partial charge on any atom is 0.249 e.